The minimum Gasteiger partial charge on any atom is -0.234 e. The van der Waals surface area contributed by atoms with Gasteiger partial charge in [0, 0.05) is 0 Å². The van der Waals surface area contributed by atoms with Crippen LogP contribution < -0.4 is 0 Å². The minimum absolute atomic E-state index is 2.24. The number of halogens is 10. The molecule has 0 aromatic carbocycles. The van der Waals surface area contributed by atoms with Gasteiger partial charge in [0.05, 0.1) is 10.8 Å². The Labute approximate surface area is 116 Å². The monoisotopic (exact) mass is 348 g/mol. The van der Waals surface area contributed by atoms with Crippen molar-refractivity contribution in [3.8, 4) is 0 Å². The van der Waals surface area contributed by atoms with E-state index in [4.69, 9.17) is 34.8 Å². The van der Waals surface area contributed by atoms with Gasteiger partial charge in [0.1, 0.15) is 0 Å². The fraction of sp³-hybridized carbons (Fsp3) is 0.778. The van der Waals surface area contributed by atoms with Gasteiger partial charge in [-0.05, 0) is 0 Å². The molecule has 0 radical (unpaired) electrons. The number of hydrogen-bond acceptors (Lipinski definition) is 0. The molecule has 10 heteroatoms. The van der Waals surface area contributed by atoms with Crippen molar-refractivity contribution < 1.29 is 30.7 Å². The molecule has 0 bridgehead atoms. The summed E-state index contributed by atoms with van der Waals surface area (Å²) in [5.74, 6) is -5.44. The Morgan fingerprint density at radius 3 is 1.79 bits per heavy atom. The summed E-state index contributed by atoms with van der Waals surface area (Å²) in [7, 11) is 0. The molecule has 2 saturated carbocycles. The van der Waals surface area contributed by atoms with E-state index < -0.39 is 50.2 Å². The largest absolute Gasteiger partial charge is 0.268 e. The maximum atomic E-state index is 14.4. The highest BCUT2D eigenvalue weighted by atomic mass is 35.5. The van der Waals surface area contributed by atoms with Gasteiger partial charge in [-0.15, -0.1) is 23.2 Å². The molecule has 19 heavy (non-hydrogen) atoms. The first-order chi connectivity index (χ1) is 8.38. The lowest BCUT2D eigenvalue weighted by Crippen LogP contribution is -2.81. The van der Waals surface area contributed by atoms with Crippen molar-refractivity contribution >= 4 is 34.8 Å². The van der Waals surface area contributed by atoms with Crippen LogP contribution >= 0.6 is 34.8 Å². The number of alkyl halides is 8. The molecule has 0 nitrogen and oxygen atoms in total. The van der Waals surface area contributed by atoms with Crippen LogP contribution in [-0.4, -0.2) is 38.6 Å². The molecule has 3 aliphatic rings. The fourth-order valence-electron chi connectivity index (χ4n) is 2.93. The average molecular weight is 349 g/mol. The second-order valence-electron chi connectivity index (χ2n) is 4.75. The molecular formula is C9H2Cl3F7. The lowest BCUT2D eigenvalue weighted by Gasteiger charge is -2.57. The first-order valence-electron chi connectivity index (χ1n) is 4.86. The van der Waals surface area contributed by atoms with E-state index in [-0.39, 0.29) is 0 Å². The molecule has 3 aliphatic carbocycles. The number of allylic oxidation sites excluding steroid dienone is 2. The minimum atomic E-state index is -4.50. The third-order valence-electron chi connectivity index (χ3n) is 4.14. The average Bonchev–Trinajstić information content (AvgIpc) is 2.74. The normalized spacial score (nSPS) is 67.3. The van der Waals surface area contributed by atoms with E-state index in [1.807, 2.05) is 0 Å². The van der Waals surface area contributed by atoms with Gasteiger partial charge < -0.3 is 0 Å². The third kappa shape index (κ3) is 0.834. The summed E-state index contributed by atoms with van der Waals surface area (Å²) in [6, 6.07) is 0. The predicted molar refractivity (Wildman–Crippen MR) is 53.6 cm³/mol. The Hall–Kier alpha value is 0.120. The van der Waals surface area contributed by atoms with Crippen molar-refractivity contribution in [2.45, 2.75) is 38.6 Å². The summed E-state index contributed by atoms with van der Waals surface area (Å²) in [6.07, 6.45) is 0. The Balaban J connectivity index is 2.35. The lowest BCUT2D eigenvalue weighted by atomic mass is 9.59. The van der Waals surface area contributed by atoms with Gasteiger partial charge in [0.15, 0.2) is 11.7 Å². The Morgan fingerprint density at radius 1 is 0.842 bits per heavy atom. The molecule has 2 fully saturated rings. The van der Waals surface area contributed by atoms with E-state index in [0.717, 1.165) is 0 Å². The molecule has 0 aliphatic heterocycles. The van der Waals surface area contributed by atoms with Gasteiger partial charge in [-0.25, -0.2) is 30.7 Å². The van der Waals surface area contributed by atoms with E-state index >= 15 is 0 Å². The van der Waals surface area contributed by atoms with E-state index in [9.17, 15) is 30.7 Å². The van der Waals surface area contributed by atoms with Crippen molar-refractivity contribution in [1.29, 1.82) is 0 Å². The number of rotatable bonds is 0. The SMILES string of the molecule is FC1=C(F)[C@@]2(F)[C@@H](Cl)[C@H](Cl)[C@@]2(F)[C@]2(F)[C@@](F)(Cl)[C@]12F. The lowest BCUT2D eigenvalue weighted by molar-refractivity contribution is -0.181. The molecule has 0 heterocycles. The molecule has 7 atom stereocenters. The van der Waals surface area contributed by atoms with Crippen LogP contribution in [0.2, 0.25) is 0 Å². The fourth-order valence-corrected chi connectivity index (χ4v) is 4.27. The highest BCUT2D eigenvalue weighted by Crippen LogP contribution is 2.85. The Morgan fingerprint density at radius 2 is 1.32 bits per heavy atom. The Kier molecular flexibility index (Phi) is 2.22. The first-order valence-corrected chi connectivity index (χ1v) is 6.11. The number of fused-ring (bicyclic) bond motifs is 3. The molecule has 0 N–H and O–H groups in total. The molecular weight excluding hydrogens is 347 g/mol. The van der Waals surface area contributed by atoms with Crippen LogP contribution in [0.5, 0.6) is 0 Å². The van der Waals surface area contributed by atoms with E-state index in [1.54, 1.807) is 0 Å². The van der Waals surface area contributed by atoms with Gasteiger partial charge in [-0.2, -0.15) is 0 Å². The summed E-state index contributed by atoms with van der Waals surface area (Å²) >= 11 is 15.2. The van der Waals surface area contributed by atoms with Crippen LogP contribution in [0.4, 0.5) is 30.7 Å². The molecule has 0 aromatic rings. The van der Waals surface area contributed by atoms with Gasteiger partial charge >= 0.3 is 0 Å². The van der Waals surface area contributed by atoms with Crippen LogP contribution in [0.1, 0.15) is 0 Å². The van der Waals surface area contributed by atoms with Crippen LogP contribution in [0.3, 0.4) is 0 Å². The van der Waals surface area contributed by atoms with Crippen molar-refractivity contribution in [3.63, 3.8) is 0 Å². The van der Waals surface area contributed by atoms with Gasteiger partial charge in [-0.1, -0.05) is 11.6 Å². The van der Waals surface area contributed by atoms with Gasteiger partial charge in [-0.3, -0.25) is 0 Å². The van der Waals surface area contributed by atoms with Crippen molar-refractivity contribution in [3.05, 3.63) is 11.7 Å². The first kappa shape index (κ1) is 14.1. The highest BCUT2D eigenvalue weighted by molar-refractivity contribution is 6.35. The van der Waals surface area contributed by atoms with Gasteiger partial charge in [0.2, 0.25) is 17.0 Å². The predicted octanol–water partition coefficient (Wildman–Crippen LogP) is 4.13. The third-order valence-corrected chi connectivity index (χ3v) is 5.90. The second kappa shape index (κ2) is 2.99. The number of hydrogen-bond donors (Lipinski definition) is 0. The van der Waals surface area contributed by atoms with Crippen molar-refractivity contribution in [2.75, 3.05) is 0 Å². The zero-order valence-corrected chi connectivity index (χ0v) is 10.7. The summed E-state index contributed by atoms with van der Waals surface area (Å²) < 4.78 is 97.1. The summed E-state index contributed by atoms with van der Waals surface area (Å²) in [4.78, 5) is 0. The highest BCUT2D eigenvalue weighted by Gasteiger charge is 3.10. The van der Waals surface area contributed by atoms with E-state index in [2.05, 4.69) is 0 Å². The molecule has 0 saturated heterocycles. The van der Waals surface area contributed by atoms with Crippen molar-refractivity contribution in [2.24, 2.45) is 0 Å². The smallest absolute Gasteiger partial charge is 0.234 e. The van der Waals surface area contributed by atoms with Crippen LogP contribution in [0, 0.1) is 0 Å². The molecule has 0 aromatic heterocycles. The zero-order chi connectivity index (χ0) is 14.8. The molecule has 0 amide bonds. The molecule has 0 unspecified atom stereocenters. The topological polar surface area (TPSA) is 0 Å². The van der Waals surface area contributed by atoms with E-state index in [0.29, 0.717) is 0 Å². The van der Waals surface area contributed by atoms with E-state index in [1.165, 1.54) is 0 Å². The standard InChI is InChI=1S/C9H2Cl3F7/c10-1-2(11)6(16)5(1,15)3(13)4(14)7(17)8(6,18)9(7,12)19/h1-2H/t1-,2-,5-,6-,7-,8+,9+/m0/s1. The van der Waals surface area contributed by atoms with Crippen LogP contribution in [-0.2, 0) is 0 Å². The molecule has 0 spiro atoms. The summed E-state index contributed by atoms with van der Waals surface area (Å²) in [5, 5.41) is -8.88. The van der Waals surface area contributed by atoms with Crippen LogP contribution in [0.15, 0.2) is 11.7 Å². The van der Waals surface area contributed by atoms with Crippen LogP contribution in [0.25, 0.3) is 0 Å². The van der Waals surface area contributed by atoms with Gasteiger partial charge in [0.25, 0.3) is 10.8 Å². The zero-order valence-electron chi connectivity index (χ0n) is 8.43. The quantitative estimate of drug-likeness (QED) is 0.456. The summed E-state index contributed by atoms with van der Waals surface area (Å²) in [6.45, 7) is 0. The maximum Gasteiger partial charge on any atom is 0.268 e. The maximum absolute atomic E-state index is 14.4. The molecule has 108 valence electrons. The second-order valence-corrected chi connectivity index (χ2v) is 6.21. The Bertz CT molecular complexity index is 538. The summed E-state index contributed by atoms with van der Waals surface area (Å²) in [5.41, 5.74) is -17.3. The molecule has 3 rings (SSSR count). The van der Waals surface area contributed by atoms with Crippen molar-refractivity contribution in [1.82, 2.24) is 0 Å².